The van der Waals surface area contributed by atoms with Crippen molar-refractivity contribution < 1.29 is 0 Å². The lowest BCUT2D eigenvalue weighted by Gasteiger charge is -2.10. The van der Waals surface area contributed by atoms with Crippen molar-refractivity contribution in [2.45, 2.75) is 19.8 Å². The minimum atomic E-state index is 0.710. The van der Waals surface area contributed by atoms with E-state index in [-0.39, 0.29) is 0 Å². The maximum absolute atomic E-state index is 6.17. The van der Waals surface area contributed by atoms with Gasteiger partial charge in [0.25, 0.3) is 0 Å². The highest BCUT2D eigenvalue weighted by Gasteiger charge is 2.07. The number of hydrogen-bond donors (Lipinski definition) is 2. The van der Waals surface area contributed by atoms with E-state index < -0.39 is 0 Å². The number of nitrogens with one attached hydrogen (secondary N) is 1. The molecule has 1 aromatic heterocycles. The van der Waals surface area contributed by atoms with Crippen LogP contribution >= 0.6 is 11.3 Å². The van der Waals surface area contributed by atoms with E-state index in [1.807, 2.05) is 11.6 Å². The summed E-state index contributed by atoms with van der Waals surface area (Å²) in [5, 5.41) is 3.36. The van der Waals surface area contributed by atoms with Gasteiger partial charge < -0.3 is 11.1 Å². The van der Waals surface area contributed by atoms with Gasteiger partial charge >= 0.3 is 0 Å². The summed E-state index contributed by atoms with van der Waals surface area (Å²) < 4.78 is 1.12. The lowest BCUT2D eigenvalue weighted by Crippen LogP contribution is -1.97. The Hall–Kier alpha value is -2.07. The number of anilines is 3. The van der Waals surface area contributed by atoms with Crippen LogP contribution in [0.2, 0.25) is 0 Å². The van der Waals surface area contributed by atoms with Gasteiger partial charge in [-0.05, 0) is 36.2 Å². The van der Waals surface area contributed by atoms with E-state index in [4.69, 9.17) is 5.73 Å². The molecule has 102 valence electrons. The molecule has 0 aliphatic carbocycles. The Labute approximate surface area is 122 Å². The van der Waals surface area contributed by atoms with Gasteiger partial charge in [0.1, 0.15) is 5.52 Å². The van der Waals surface area contributed by atoms with Gasteiger partial charge in [-0.2, -0.15) is 0 Å². The van der Waals surface area contributed by atoms with Gasteiger partial charge in [0.05, 0.1) is 21.6 Å². The molecule has 0 bridgehead atoms. The van der Waals surface area contributed by atoms with Crippen molar-refractivity contribution in [1.29, 1.82) is 0 Å². The van der Waals surface area contributed by atoms with Gasteiger partial charge in [-0.25, -0.2) is 4.98 Å². The lowest BCUT2D eigenvalue weighted by atomic mass is 10.1. The second kappa shape index (κ2) is 5.51. The molecule has 3 rings (SSSR count). The van der Waals surface area contributed by atoms with Crippen LogP contribution in [-0.2, 0) is 6.42 Å². The number of aromatic nitrogens is 1. The number of fused-ring (bicyclic) bond motifs is 1. The molecule has 3 N–H and O–H groups in total. The van der Waals surface area contributed by atoms with Crippen LogP contribution in [0.1, 0.15) is 18.9 Å². The maximum atomic E-state index is 6.17. The predicted octanol–water partition coefficient (Wildman–Crippen LogP) is 4.57. The third-order valence-corrected chi connectivity index (χ3v) is 4.11. The van der Waals surface area contributed by atoms with Gasteiger partial charge in [-0.3, -0.25) is 0 Å². The Morgan fingerprint density at radius 1 is 1.15 bits per heavy atom. The highest BCUT2D eigenvalue weighted by molar-refractivity contribution is 7.16. The molecule has 0 atom stereocenters. The van der Waals surface area contributed by atoms with E-state index >= 15 is 0 Å². The molecule has 3 aromatic rings. The van der Waals surface area contributed by atoms with Crippen LogP contribution in [0.15, 0.2) is 41.9 Å². The van der Waals surface area contributed by atoms with E-state index in [0.29, 0.717) is 5.69 Å². The van der Waals surface area contributed by atoms with Crippen LogP contribution < -0.4 is 11.1 Å². The second-order valence-corrected chi connectivity index (χ2v) is 5.68. The largest absolute Gasteiger partial charge is 0.395 e. The number of benzene rings is 2. The molecule has 0 fully saturated rings. The summed E-state index contributed by atoms with van der Waals surface area (Å²) in [7, 11) is 0. The van der Waals surface area contributed by atoms with Crippen molar-refractivity contribution in [1.82, 2.24) is 4.98 Å². The van der Waals surface area contributed by atoms with Crippen LogP contribution in [0.25, 0.3) is 10.2 Å². The van der Waals surface area contributed by atoms with E-state index in [1.54, 1.807) is 11.3 Å². The Morgan fingerprint density at radius 3 is 2.70 bits per heavy atom. The molecule has 0 saturated carbocycles. The molecule has 20 heavy (non-hydrogen) atoms. The number of aryl methyl sites for hydroxylation is 1. The van der Waals surface area contributed by atoms with Gasteiger partial charge in [-0.1, -0.05) is 25.5 Å². The average molecular weight is 283 g/mol. The molecule has 0 saturated heterocycles. The zero-order valence-corrected chi connectivity index (χ0v) is 12.2. The van der Waals surface area contributed by atoms with Gasteiger partial charge in [0, 0.05) is 5.69 Å². The SMILES string of the molecule is CCCc1ccc(Nc2ccc3scnc3c2N)cc1. The maximum Gasteiger partial charge on any atom is 0.106 e. The summed E-state index contributed by atoms with van der Waals surface area (Å²) in [6.45, 7) is 2.19. The molecular formula is C16H17N3S. The fourth-order valence-corrected chi connectivity index (χ4v) is 2.95. The van der Waals surface area contributed by atoms with Crippen molar-refractivity contribution in [2.24, 2.45) is 0 Å². The minimum absolute atomic E-state index is 0.710. The van der Waals surface area contributed by atoms with Crippen LogP contribution in [-0.4, -0.2) is 4.98 Å². The number of thiazole rings is 1. The third-order valence-electron chi connectivity index (χ3n) is 3.31. The predicted molar refractivity (Wildman–Crippen MR) is 87.8 cm³/mol. The van der Waals surface area contributed by atoms with Crippen LogP contribution in [0.4, 0.5) is 17.1 Å². The summed E-state index contributed by atoms with van der Waals surface area (Å²) in [5.74, 6) is 0. The summed E-state index contributed by atoms with van der Waals surface area (Å²) in [5.41, 5.74) is 12.9. The molecule has 0 radical (unpaired) electrons. The summed E-state index contributed by atoms with van der Waals surface area (Å²) in [6, 6.07) is 12.6. The molecule has 2 aromatic carbocycles. The van der Waals surface area contributed by atoms with Crippen LogP contribution in [0, 0.1) is 0 Å². The fraction of sp³-hybridized carbons (Fsp3) is 0.188. The monoisotopic (exact) mass is 283 g/mol. The Morgan fingerprint density at radius 2 is 1.95 bits per heavy atom. The first kappa shape index (κ1) is 12.9. The number of nitrogens with two attached hydrogens (primary N) is 1. The van der Waals surface area contributed by atoms with Crippen molar-refractivity contribution in [2.75, 3.05) is 11.1 Å². The summed E-state index contributed by atoms with van der Waals surface area (Å²) in [4.78, 5) is 4.31. The zero-order valence-electron chi connectivity index (χ0n) is 11.4. The first-order chi connectivity index (χ1) is 9.78. The van der Waals surface area contributed by atoms with Crippen LogP contribution in [0.5, 0.6) is 0 Å². The first-order valence-electron chi connectivity index (χ1n) is 6.75. The Kier molecular flexibility index (Phi) is 3.56. The van der Waals surface area contributed by atoms with Crippen molar-refractivity contribution in [3.63, 3.8) is 0 Å². The Bertz CT molecular complexity index is 716. The van der Waals surface area contributed by atoms with Gasteiger partial charge in [0.15, 0.2) is 0 Å². The molecule has 0 unspecified atom stereocenters. The number of nitrogen functional groups attached to an aromatic ring is 1. The van der Waals surface area contributed by atoms with Crippen molar-refractivity contribution >= 4 is 38.6 Å². The van der Waals surface area contributed by atoms with Gasteiger partial charge in [0.2, 0.25) is 0 Å². The van der Waals surface area contributed by atoms with Gasteiger partial charge in [-0.15, -0.1) is 11.3 Å². The molecule has 0 aliphatic rings. The minimum Gasteiger partial charge on any atom is -0.395 e. The van der Waals surface area contributed by atoms with Crippen molar-refractivity contribution in [3.05, 3.63) is 47.5 Å². The average Bonchev–Trinajstić information content (AvgIpc) is 2.94. The number of hydrogen-bond acceptors (Lipinski definition) is 4. The highest BCUT2D eigenvalue weighted by atomic mass is 32.1. The second-order valence-electron chi connectivity index (χ2n) is 4.80. The van der Waals surface area contributed by atoms with E-state index in [9.17, 15) is 0 Å². The quantitative estimate of drug-likeness (QED) is 0.689. The molecule has 4 heteroatoms. The van der Waals surface area contributed by atoms with E-state index in [2.05, 4.69) is 47.6 Å². The summed E-state index contributed by atoms with van der Waals surface area (Å²) >= 11 is 1.61. The third kappa shape index (κ3) is 2.47. The summed E-state index contributed by atoms with van der Waals surface area (Å²) in [6.07, 6.45) is 2.29. The zero-order chi connectivity index (χ0) is 13.9. The molecule has 0 amide bonds. The van der Waals surface area contributed by atoms with Crippen molar-refractivity contribution in [3.8, 4) is 0 Å². The number of nitrogens with zero attached hydrogens (tertiary/aromatic N) is 1. The lowest BCUT2D eigenvalue weighted by molar-refractivity contribution is 0.922. The normalized spacial score (nSPS) is 10.8. The fourth-order valence-electron chi connectivity index (χ4n) is 2.26. The standard InChI is InChI=1S/C16H17N3S/c1-2-3-11-4-6-12(7-5-11)19-13-8-9-14-16(15(13)17)18-10-20-14/h4-10,19H,2-3,17H2,1H3. The highest BCUT2D eigenvalue weighted by Crippen LogP contribution is 2.31. The molecule has 0 spiro atoms. The molecular weight excluding hydrogens is 266 g/mol. The smallest absolute Gasteiger partial charge is 0.106 e. The van der Waals surface area contributed by atoms with Crippen LogP contribution in [0.3, 0.4) is 0 Å². The number of rotatable bonds is 4. The van der Waals surface area contributed by atoms with E-state index in [0.717, 1.165) is 28.0 Å². The molecule has 0 aliphatic heterocycles. The first-order valence-corrected chi connectivity index (χ1v) is 7.63. The van der Waals surface area contributed by atoms with E-state index in [1.165, 1.54) is 12.0 Å². The topological polar surface area (TPSA) is 50.9 Å². The molecule has 1 heterocycles. The Balaban J connectivity index is 1.86. The molecule has 3 nitrogen and oxygen atoms in total.